The Morgan fingerprint density at radius 1 is 1.36 bits per heavy atom. The Balaban J connectivity index is 1.61. The van der Waals surface area contributed by atoms with Crippen LogP contribution in [-0.2, 0) is 13.1 Å². The summed E-state index contributed by atoms with van der Waals surface area (Å²) >= 11 is 0. The van der Waals surface area contributed by atoms with Gasteiger partial charge in [0.05, 0.1) is 13.7 Å². The van der Waals surface area contributed by atoms with Crippen molar-refractivity contribution in [1.29, 1.82) is 0 Å². The van der Waals surface area contributed by atoms with E-state index >= 15 is 0 Å². The summed E-state index contributed by atoms with van der Waals surface area (Å²) in [4.78, 5) is 22.7. The van der Waals surface area contributed by atoms with Gasteiger partial charge >= 0.3 is 6.03 Å². The minimum Gasteiger partial charge on any atom is -0.497 e. The molecule has 3 rings (SSSR count). The van der Waals surface area contributed by atoms with Crippen molar-refractivity contribution >= 4 is 6.03 Å². The van der Waals surface area contributed by atoms with Crippen molar-refractivity contribution in [3.8, 4) is 17.1 Å². The van der Waals surface area contributed by atoms with Gasteiger partial charge in [-0.15, -0.1) is 0 Å². The molecule has 0 unspecified atom stereocenters. The molecule has 0 spiro atoms. The average Bonchev–Trinajstić information content (AvgIpc) is 3.37. The highest BCUT2D eigenvalue weighted by Crippen LogP contribution is 2.21. The molecule has 9 heteroatoms. The predicted octanol–water partition coefficient (Wildman–Crippen LogP) is 2.86. The number of aromatic nitrogens is 4. The lowest BCUT2D eigenvalue weighted by Crippen LogP contribution is -2.38. The van der Waals surface area contributed by atoms with Crippen molar-refractivity contribution in [3.05, 3.63) is 48.4 Å². The molecule has 0 saturated heterocycles. The zero-order valence-electron chi connectivity index (χ0n) is 16.4. The third kappa shape index (κ3) is 4.30. The molecule has 2 aromatic heterocycles. The first kappa shape index (κ1) is 19.4. The second-order valence-electron chi connectivity index (χ2n) is 6.34. The topological polar surface area (TPSA) is 98.3 Å². The van der Waals surface area contributed by atoms with Crippen LogP contribution in [0.5, 0.6) is 5.75 Å². The van der Waals surface area contributed by atoms with Gasteiger partial charge in [0, 0.05) is 31.5 Å². The van der Waals surface area contributed by atoms with Gasteiger partial charge in [0.25, 0.3) is 0 Å². The molecule has 28 heavy (non-hydrogen) atoms. The van der Waals surface area contributed by atoms with Crippen molar-refractivity contribution in [2.75, 3.05) is 14.2 Å². The molecule has 0 aliphatic heterocycles. The monoisotopic (exact) mass is 384 g/mol. The lowest BCUT2D eigenvalue weighted by atomic mass is 10.2. The maximum atomic E-state index is 12.5. The van der Waals surface area contributed by atoms with Crippen LogP contribution in [0.2, 0.25) is 0 Å². The summed E-state index contributed by atoms with van der Waals surface area (Å²) in [5.74, 6) is 2.37. The van der Waals surface area contributed by atoms with Crippen molar-refractivity contribution in [2.24, 2.45) is 0 Å². The zero-order chi connectivity index (χ0) is 20.1. The van der Waals surface area contributed by atoms with E-state index in [4.69, 9.17) is 9.26 Å². The van der Waals surface area contributed by atoms with Crippen molar-refractivity contribution in [2.45, 2.75) is 33.0 Å². The Morgan fingerprint density at radius 2 is 2.11 bits per heavy atom. The number of nitrogens with one attached hydrogen (secondary N) is 1. The quantitative estimate of drug-likeness (QED) is 0.673. The van der Waals surface area contributed by atoms with E-state index in [0.29, 0.717) is 18.3 Å². The standard InChI is InChI=1S/C19H24N6O3/c1-5-25-11-10-20-16(25)12-24(3)19(26)21-13(2)18-22-17(23-28-18)14-6-8-15(27-4)9-7-14/h6-11,13H,5,12H2,1-4H3,(H,21,26)/t13-/m1/s1. The number of hydrogen-bond acceptors (Lipinski definition) is 6. The van der Waals surface area contributed by atoms with Crippen molar-refractivity contribution < 1.29 is 14.1 Å². The van der Waals surface area contributed by atoms with Crippen LogP contribution >= 0.6 is 0 Å². The van der Waals surface area contributed by atoms with Crippen LogP contribution in [-0.4, -0.2) is 44.8 Å². The highest BCUT2D eigenvalue weighted by atomic mass is 16.5. The third-order valence-electron chi connectivity index (χ3n) is 4.37. The summed E-state index contributed by atoms with van der Waals surface area (Å²) < 4.78 is 12.5. The summed E-state index contributed by atoms with van der Waals surface area (Å²) in [5, 5.41) is 6.86. The number of benzene rings is 1. The maximum Gasteiger partial charge on any atom is 0.318 e. The molecule has 0 bridgehead atoms. The second-order valence-corrected chi connectivity index (χ2v) is 6.34. The van der Waals surface area contributed by atoms with E-state index in [1.807, 2.05) is 42.0 Å². The Hall–Kier alpha value is -3.36. The predicted molar refractivity (Wildman–Crippen MR) is 103 cm³/mol. The number of hydrogen-bond donors (Lipinski definition) is 1. The molecule has 0 aliphatic rings. The number of urea groups is 1. The first-order chi connectivity index (χ1) is 13.5. The fourth-order valence-corrected chi connectivity index (χ4v) is 2.69. The molecular formula is C19H24N6O3. The number of aryl methyl sites for hydroxylation is 1. The van der Waals surface area contributed by atoms with Crippen LogP contribution < -0.4 is 10.1 Å². The van der Waals surface area contributed by atoms with Gasteiger partial charge in [0.2, 0.25) is 11.7 Å². The molecule has 1 atom stereocenters. The number of ether oxygens (including phenoxy) is 1. The van der Waals surface area contributed by atoms with Crippen LogP contribution in [0, 0.1) is 0 Å². The van der Waals surface area contributed by atoms with Gasteiger partial charge in [-0.1, -0.05) is 5.16 Å². The molecule has 2 amide bonds. The number of carbonyl (C=O) groups is 1. The maximum absolute atomic E-state index is 12.5. The van der Waals surface area contributed by atoms with E-state index in [1.54, 1.807) is 32.2 Å². The van der Waals surface area contributed by atoms with Crippen LogP contribution in [0.1, 0.15) is 31.6 Å². The molecule has 148 valence electrons. The molecule has 1 N–H and O–H groups in total. The zero-order valence-corrected chi connectivity index (χ0v) is 16.4. The number of methoxy groups -OCH3 is 1. The van der Waals surface area contributed by atoms with Gasteiger partial charge in [0.1, 0.15) is 17.6 Å². The first-order valence-corrected chi connectivity index (χ1v) is 9.01. The molecule has 0 fully saturated rings. The Labute approximate surface area is 163 Å². The van der Waals surface area contributed by atoms with Gasteiger partial charge in [-0.25, -0.2) is 9.78 Å². The lowest BCUT2D eigenvalue weighted by molar-refractivity contribution is 0.198. The summed E-state index contributed by atoms with van der Waals surface area (Å²) in [5.41, 5.74) is 0.804. The van der Waals surface area contributed by atoms with Gasteiger partial charge in [0.15, 0.2) is 0 Å². The molecule has 9 nitrogen and oxygen atoms in total. The second kappa shape index (κ2) is 8.55. The molecule has 0 radical (unpaired) electrons. The van der Waals surface area contributed by atoms with E-state index in [9.17, 15) is 4.79 Å². The minimum atomic E-state index is -0.430. The lowest BCUT2D eigenvalue weighted by Gasteiger charge is -2.20. The Bertz CT molecular complexity index is 918. The summed E-state index contributed by atoms with van der Waals surface area (Å²) in [6.45, 7) is 5.03. The highest BCUT2D eigenvalue weighted by molar-refractivity contribution is 5.74. The number of nitrogens with zero attached hydrogens (tertiary/aromatic N) is 5. The molecule has 0 saturated carbocycles. The third-order valence-corrected chi connectivity index (χ3v) is 4.37. The van der Waals surface area contributed by atoms with Crippen LogP contribution in [0.15, 0.2) is 41.2 Å². The summed E-state index contributed by atoms with van der Waals surface area (Å²) in [7, 11) is 3.33. The molecule has 2 heterocycles. The fraction of sp³-hybridized carbons (Fsp3) is 0.368. The Morgan fingerprint density at radius 3 is 2.79 bits per heavy atom. The van der Waals surface area contributed by atoms with Gasteiger partial charge < -0.3 is 24.0 Å². The van der Waals surface area contributed by atoms with Crippen molar-refractivity contribution in [1.82, 2.24) is 29.9 Å². The molecule has 3 aromatic rings. The number of carbonyl (C=O) groups excluding carboxylic acids is 1. The number of amides is 2. The Kier molecular flexibility index (Phi) is 5.93. The summed E-state index contributed by atoms with van der Waals surface area (Å²) in [6.07, 6.45) is 3.62. The van der Waals surface area contributed by atoms with E-state index in [2.05, 4.69) is 20.4 Å². The molecular weight excluding hydrogens is 360 g/mol. The average molecular weight is 384 g/mol. The SMILES string of the molecule is CCn1ccnc1CN(C)C(=O)N[C@H](C)c1nc(-c2ccc(OC)cc2)no1. The number of rotatable bonds is 7. The summed E-state index contributed by atoms with van der Waals surface area (Å²) in [6, 6.07) is 6.67. The van der Waals surface area contributed by atoms with E-state index < -0.39 is 6.04 Å². The van der Waals surface area contributed by atoms with Crippen LogP contribution in [0.4, 0.5) is 4.79 Å². The van der Waals surface area contributed by atoms with Gasteiger partial charge in [-0.2, -0.15) is 4.98 Å². The largest absolute Gasteiger partial charge is 0.497 e. The fourth-order valence-electron chi connectivity index (χ4n) is 2.69. The highest BCUT2D eigenvalue weighted by Gasteiger charge is 2.20. The first-order valence-electron chi connectivity index (χ1n) is 9.01. The van der Waals surface area contributed by atoms with Crippen LogP contribution in [0.25, 0.3) is 11.4 Å². The van der Waals surface area contributed by atoms with E-state index in [-0.39, 0.29) is 6.03 Å². The van der Waals surface area contributed by atoms with E-state index in [0.717, 1.165) is 23.7 Å². The number of imidazole rings is 1. The van der Waals surface area contributed by atoms with E-state index in [1.165, 1.54) is 0 Å². The van der Waals surface area contributed by atoms with Gasteiger partial charge in [-0.3, -0.25) is 0 Å². The smallest absolute Gasteiger partial charge is 0.318 e. The normalized spacial score (nSPS) is 11.9. The minimum absolute atomic E-state index is 0.248. The molecule has 1 aromatic carbocycles. The molecule has 0 aliphatic carbocycles. The van der Waals surface area contributed by atoms with Crippen molar-refractivity contribution in [3.63, 3.8) is 0 Å². The van der Waals surface area contributed by atoms with Crippen LogP contribution in [0.3, 0.4) is 0 Å². The van der Waals surface area contributed by atoms with Gasteiger partial charge in [-0.05, 0) is 38.1 Å².